The number of benzene rings is 1. The first-order chi connectivity index (χ1) is 7.59. The Bertz CT molecular complexity index is 389. The molecule has 3 nitrogen and oxygen atoms in total. The van der Waals surface area contributed by atoms with Crippen LogP contribution in [0.4, 0.5) is 4.39 Å². The Morgan fingerprint density at radius 2 is 1.88 bits per heavy atom. The lowest BCUT2D eigenvalue weighted by Crippen LogP contribution is -2.46. The fourth-order valence-electron chi connectivity index (χ4n) is 2.12. The lowest BCUT2D eigenvalue weighted by Gasteiger charge is -2.39. The molecular weight excluding hydrogens is 209 g/mol. The van der Waals surface area contributed by atoms with Gasteiger partial charge in [0.1, 0.15) is 5.67 Å². The normalized spacial score (nSPS) is 28.4. The highest BCUT2D eigenvalue weighted by Gasteiger charge is 2.44. The molecule has 1 aliphatic rings. The van der Waals surface area contributed by atoms with E-state index in [1.165, 1.54) is 0 Å². The van der Waals surface area contributed by atoms with Gasteiger partial charge in [0, 0.05) is 18.9 Å². The largest absolute Gasteiger partial charge is 0.493 e. The Morgan fingerprint density at radius 1 is 1.25 bits per heavy atom. The van der Waals surface area contributed by atoms with E-state index in [1.807, 2.05) is 0 Å². The fraction of sp³-hybridized carbons (Fsp3) is 0.500. The molecule has 1 aliphatic carbocycles. The number of halogens is 1. The van der Waals surface area contributed by atoms with Crippen molar-refractivity contribution in [3.05, 3.63) is 23.8 Å². The Kier molecular flexibility index (Phi) is 2.76. The number of rotatable bonds is 3. The van der Waals surface area contributed by atoms with Gasteiger partial charge in [0.15, 0.2) is 11.5 Å². The van der Waals surface area contributed by atoms with Crippen LogP contribution in [-0.4, -0.2) is 20.3 Å². The minimum absolute atomic E-state index is 0.0295. The van der Waals surface area contributed by atoms with E-state index in [-0.39, 0.29) is 6.04 Å². The first-order valence-electron chi connectivity index (χ1n) is 5.26. The van der Waals surface area contributed by atoms with E-state index in [9.17, 15) is 4.39 Å². The second-order valence-corrected chi connectivity index (χ2v) is 4.20. The molecule has 2 N–H and O–H groups in total. The predicted octanol–water partition coefficient (Wildman–Crippen LogP) is 1.99. The Labute approximate surface area is 94.3 Å². The molecule has 4 heteroatoms. The molecule has 0 aromatic heterocycles. The molecular formula is C12H16FNO2. The molecule has 1 fully saturated rings. The smallest absolute Gasteiger partial charge is 0.161 e. The van der Waals surface area contributed by atoms with Gasteiger partial charge in [0.2, 0.25) is 0 Å². The second kappa shape index (κ2) is 3.94. The van der Waals surface area contributed by atoms with Crippen LogP contribution in [0.15, 0.2) is 18.2 Å². The monoisotopic (exact) mass is 225 g/mol. The van der Waals surface area contributed by atoms with Crippen LogP contribution in [0, 0.1) is 0 Å². The van der Waals surface area contributed by atoms with Crippen LogP contribution in [0.3, 0.4) is 0 Å². The van der Waals surface area contributed by atoms with Crippen LogP contribution in [0.5, 0.6) is 11.5 Å². The summed E-state index contributed by atoms with van der Waals surface area (Å²) in [6.07, 6.45) is 0.755. The maximum Gasteiger partial charge on any atom is 0.161 e. The van der Waals surface area contributed by atoms with Crippen LogP contribution < -0.4 is 15.2 Å². The van der Waals surface area contributed by atoms with Crippen molar-refractivity contribution < 1.29 is 13.9 Å². The Hall–Kier alpha value is -1.29. The van der Waals surface area contributed by atoms with Gasteiger partial charge in [-0.3, -0.25) is 0 Å². The predicted molar refractivity (Wildman–Crippen MR) is 59.5 cm³/mol. The van der Waals surface area contributed by atoms with Crippen LogP contribution >= 0.6 is 0 Å². The van der Waals surface area contributed by atoms with E-state index >= 15 is 0 Å². The van der Waals surface area contributed by atoms with Crippen LogP contribution in [0.25, 0.3) is 0 Å². The molecule has 0 aliphatic heterocycles. The minimum Gasteiger partial charge on any atom is -0.493 e. The average Bonchev–Trinajstić information content (AvgIpc) is 2.26. The standard InChI is InChI=1S/C12H16FNO2/c1-15-10-4-3-8(5-11(10)16-2)12(13)6-9(14)7-12/h3-5,9H,6-7,14H2,1-2H3. The molecule has 0 atom stereocenters. The van der Waals surface area contributed by atoms with Crippen molar-refractivity contribution in [3.8, 4) is 11.5 Å². The van der Waals surface area contributed by atoms with E-state index in [0.29, 0.717) is 29.9 Å². The zero-order valence-corrected chi connectivity index (χ0v) is 9.50. The van der Waals surface area contributed by atoms with Crippen LogP contribution in [0.1, 0.15) is 18.4 Å². The number of nitrogens with two attached hydrogens (primary N) is 1. The number of methoxy groups -OCH3 is 2. The topological polar surface area (TPSA) is 44.5 Å². The van der Waals surface area contributed by atoms with Crippen molar-refractivity contribution in [3.63, 3.8) is 0 Å². The summed E-state index contributed by atoms with van der Waals surface area (Å²) >= 11 is 0. The van der Waals surface area contributed by atoms with Crippen LogP contribution in [0.2, 0.25) is 0 Å². The molecule has 0 unspecified atom stereocenters. The molecule has 0 amide bonds. The van der Waals surface area contributed by atoms with Crippen LogP contribution in [-0.2, 0) is 5.67 Å². The molecule has 1 saturated carbocycles. The molecule has 0 bridgehead atoms. The molecule has 88 valence electrons. The minimum atomic E-state index is -1.29. The third-order valence-electron chi connectivity index (χ3n) is 3.07. The number of ether oxygens (including phenoxy) is 2. The quantitative estimate of drug-likeness (QED) is 0.855. The maximum absolute atomic E-state index is 14.3. The van der Waals surface area contributed by atoms with Gasteiger partial charge in [-0.2, -0.15) is 0 Å². The van der Waals surface area contributed by atoms with E-state index in [2.05, 4.69) is 0 Å². The summed E-state index contributed by atoms with van der Waals surface area (Å²) in [6.45, 7) is 0. The summed E-state index contributed by atoms with van der Waals surface area (Å²) in [7, 11) is 3.10. The van der Waals surface area contributed by atoms with Crippen molar-refractivity contribution in [2.24, 2.45) is 5.73 Å². The van der Waals surface area contributed by atoms with Gasteiger partial charge in [0.25, 0.3) is 0 Å². The van der Waals surface area contributed by atoms with Gasteiger partial charge in [-0.05, 0) is 17.7 Å². The summed E-state index contributed by atoms with van der Waals surface area (Å²) < 4.78 is 24.5. The van der Waals surface area contributed by atoms with Gasteiger partial charge >= 0.3 is 0 Å². The fourth-order valence-corrected chi connectivity index (χ4v) is 2.12. The first-order valence-corrected chi connectivity index (χ1v) is 5.26. The van der Waals surface area contributed by atoms with Crippen molar-refractivity contribution in [1.29, 1.82) is 0 Å². The van der Waals surface area contributed by atoms with Gasteiger partial charge in [-0.25, -0.2) is 4.39 Å². The highest BCUT2D eigenvalue weighted by molar-refractivity contribution is 5.45. The van der Waals surface area contributed by atoms with E-state index in [0.717, 1.165) is 0 Å². The number of hydrogen-bond donors (Lipinski definition) is 1. The number of hydrogen-bond acceptors (Lipinski definition) is 3. The van der Waals surface area contributed by atoms with Gasteiger partial charge in [-0.1, -0.05) is 6.07 Å². The molecule has 0 radical (unpaired) electrons. The SMILES string of the molecule is COc1ccc(C2(F)CC(N)C2)cc1OC. The van der Waals surface area contributed by atoms with E-state index in [1.54, 1.807) is 32.4 Å². The zero-order chi connectivity index (χ0) is 11.8. The molecule has 0 spiro atoms. The lowest BCUT2D eigenvalue weighted by atomic mass is 9.73. The van der Waals surface area contributed by atoms with Gasteiger partial charge in [0.05, 0.1) is 14.2 Å². The van der Waals surface area contributed by atoms with Crippen molar-refractivity contribution >= 4 is 0 Å². The lowest BCUT2D eigenvalue weighted by molar-refractivity contribution is 0.0403. The summed E-state index contributed by atoms with van der Waals surface area (Å²) in [6, 6.07) is 5.11. The zero-order valence-electron chi connectivity index (χ0n) is 9.50. The Morgan fingerprint density at radius 3 is 2.38 bits per heavy atom. The highest BCUT2D eigenvalue weighted by Crippen LogP contribution is 2.46. The van der Waals surface area contributed by atoms with Crippen molar-refractivity contribution in [1.82, 2.24) is 0 Å². The molecule has 0 saturated heterocycles. The molecule has 2 rings (SSSR count). The second-order valence-electron chi connectivity index (χ2n) is 4.20. The summed E-state index contributed by atoms with van der Waals surface area (Å²) in [5.41, 5.74) is 4.95. The third kappa shape index (κ3) is 1.73. The average molecular weight is 225 g/mol. The summed E-state index contributed by atoms with van der Waals surface area (Å²) in [5, 5.41) is 0. The molecule has 1 aromatic carbocycles. The van der Waals surface area contributed by atoms with Crippen molar-refractivity contribution in [2.75, 3.05) is 14.2 Å². The molecule has 0 heterocycles. The Balaban J connectivity index is 2.29. The third-order valence-corrected chi connectivity index (χ3v) is 3.07. The molecule has 16 heavy (non-hydrogen) atoms. The summed E-state index contributed by atoms with van der Waals surface area (Å²) in [4.78, 5) is 0. The van der Waals surface area contributed by atoms with E-state index in [4.69, 9.17) is 15.2 Å². The molecule has 1 aromatic rings. The van der Waals surface area contributed by atoms with Crippen molar-refractivity contribution in [2.45, 2.75) is 24.6 Å². The highest BCUT2D eigenvalue weighted by atomic mass is 19.1. The van der Waals surface area contributed by atoms with Gasteiger partial charge in [-0.15, -0.1) is 0 Å². The van der Waals surface area contributed by atoms with Gasteiger partial charge < -0.3 is 15.2 Å². The number of alkyl halides is 1. The summed E-state index contributed by atoms with van der Waals surface area (Å²) in [5.74, 6) is 1.16. The van der Waals surface area contributed by atoms with E-state index < -0.39 is 5.67 Å². The maximum atomic E-state index is 14.3. The first kappa shape index (κ1) is 11.2.